The molecule has 0 fully saturated rings. The maximum atomic E-state index is 12.3. The molecule has 2 aromatic heterocycles. The third-order valence-electron chi connectivity index (χ3n) is 4.28. The van der Waals surface area contributed by atoms with E-state index < -0.39 is 11.7 Å². The molecule has 0 saturated heterocycles. The summed E-state index contributed by atoms with van der Waals surface area (Å²) in [4.78, 5) is 28.1. The summed E-state index contributed by atoms with van der Waals surface area (Å²) in [5.41, 5.74) is 3.65. The molecule has 0 atom stereocenters. The Morgan fingerprint density at radius 1 is 1.20 bits per heavy atom. The van der Waals surface area contributed by atoms with Crippen molar-refractivity contribution in [3.63, 3.8) is 0 Å². The number of nitrogens with one attached hydrogen (secondary N) is 2. The molecule has 0 aliphatic rings. The number of nitrogens with zero attached hydrogens (tertiary/aromatic N) is 2. The molecule has 0 unspecified atom stereocenters. The Morgan fingerprint density at radius 3 is 2.47 bits per heavy atom. The number of hydrogen-bond acceptors (Lipinski definition) is 4. The van der Waals surface area contributed by atoms with Gasteiger partial charge < -0.3 is 14.5 Å². The first-order chi connectivity index (χ1) is 14.1. The van der Waals surface area contributed by atoms with E-state index in [2.05, 4.69) is 38.1 Å². The summed E-state index contributed by atoms with van der Waals surface area (Å²) in [6.45, 7) is 10.8. The van der Waals surface area contributed by atoms with Crippen molar-refractivity contribution in [3.05, 3.63) is 59.5 Å². The first-order valence-electron chi connectivity index (χ1n) is 9.29. The number of aromatic nitrogens is 2. The van der Waals surface area contributed by atoms with Crippen LogP contribution in [0.2, 0.25) is 0 Å². The van der Waals surface area contributed by atoms with Gasteiger partial charge in [0.1, 0.15) is 11.1 Å². The SMILES string of the molecule is C=CC(=O)Nc1ccc(-c2c(Br)c3c(NC(=O)OC(C)(C)C)nccn3c2C)cc1. The van der Waals surface area contributed by atoms with Crippen LogP contribution in [0.15, 0.2) is 53.8 Å². The minimum absolute atomic E-state index is 0.265. The molecule has 7 nitrogen and oxygen atoms in total. The number of hydrogen-bond donors (Lipinski definition) is 2. The van der Waals surface area contributed by atoms with Crippen LogP contribution >= 0.6 is 15.9 Å². The second-order valence-electron chi connectivity index (χ2n) is 7.67. The molecule has 2 amide bonds. The molecular weight excluding hydrogens is 448 g/mol. The van der Waals surface area contributed by atoms with Gasteiger partial charge in [-0.2, -0.15) is 0 Å². The van der Waals surface area contributed by atoms with Crippen molar-refractivity contribution in [1.29, 1.82) is 0 Å². The van der Waals surface area contributed by atoms with Crippen molar-refractivity contribution >= 4 is 45.0 Å². The molecule has 2 heterocycles. The molecule has 0 radical (unpaired) electrons. The quantitative estimate of drug-likeness (QED) is 0.489. The van der Waals surface area contributed by atoms with Gasteiger partial charge in [-0.25, -0.2) is 9.78 Å². The zero-order chi connectivity index (χ0) is 22.1. The topological polar surface area (TPSA) is 84.7 Å². The van der Waals surface area contributed by atoms with Crippen molar-refractivity contribution in [2.75, 3.05) is 10.6 Å². The monoisotopic (exact) mass is 470 g/mol. The molecular formula is C22H23BrN4O3. The van der Waals surface area contributed by atoms with E-state index in [0.29, 0.717) is 11.5 Å². The summed E-state index contributed by atoms with van der Waals surface area (Å²) in [6, 6.07) is 7.48. The van der Waals surface area contributed by atoms with E-state index in [1.807, 2.05) is 41.8 Å². The van der Waals surface area contributed by atoms with E-state index in [4.69, 9.17) is 4.74 Å². The summed E-state index contributed by atoms with van der Waals surface area (Å²) in [5.74, 6) is 0.126. The average Bonchev–Trinajstić information content (AvgIpc) is 2.92. The Balaban J connectivity index is 2.00. The number of anilines is 2. The molecule has 3 aromatic rings. The minimum Gasteiger partial charge on any atom is -0.444 e. The Morgan fingerprint density at radius 2 is 1.87 bits per heavy atom. The molecule has 8 heteroatoms. The molecule has 1 aromatic carbocycles. The Labute approximate surface area is 183 Å². The maximum absolute atomic E-state index is 12.3. The third kappa shape index (κ3) is 4.54. The molecule has 0 aliphatic heterocycles. The van der Waals surface area contributed by atoms with Crippen LogP contribution in [0.1, 0.15) is 26.5 Å². The van der Waals surface area contributed by atoms with E-state index in [1.54, 1.807) is 27.0 Å². The molecule has 3 rings (SSSR count). The lowest BCUT2D eigenvalue weighted by Gasteiger charge is -2.19. The van der Waals surface area contributed by atoms with E-state index in [-0.39, 0.29) is 5.91 Å². The van der Waals surface area contributed by atoms with Crippen LogP contribution in [-0.4, -0.2) is 27.0 Å². The zero-order valence-corrected chi connectivity index (χ0v) is 18.8. The van der Waals surface area contributed by atoms with Gasteiger partial charge in [0.15, 0.2) is 5.82 Å². The highest BCUT2D eigenvalue weighted by Crippen LogP contribution is 2.39. The van der Waals surface area contributed by atoms with Gasteiger partial charge in [-0.15, -0.1) is 0 Å². The Bertz CT molecular complexity index is 1130. The summed E-state index contributed by atoms with van der Waals surface area (Å²) in [5, 5.41) is 5.46. The molecule has 2 N–H and O–H groups in total. The van der Waals surface area contributed by atoms with Gasteiger partial charge in [0.25, 0.3) is 0 Å². The van der Waals surface area contributed by atoms with Gasteiger partial charge in [0.05, 0.1) is 4.47 Å². The van der Waals surface area contributed by atoms with E-state index in [1.165, 1.54) is 6.08 Å². The van der Waals surface area contributed by atoms with Crippen LogP contribution in [-0.2, 0) is 9.53 Å². The number of halogens is 1. The second kappa shape index (κ2) is 8.31. The second-order valence-corrected chi connectivity index (χ2v) is 8.46. The summed E-state index contributed by atoms with van der Waals surface area (Å²) in [6.07, 6.45) is 4.11. The fraction of sp³-hybridized carbons (Fsp3) is 0.227. The fourth-order valence-corrected chi connectivity index (χ4v) is 3.95. The van der Waals surface area contributed by atoms with Crippen molar-refractivity contribution in [3.8, 4) is 11.1 Å². The number of carbonyl (C=O) groups is 2. The number of rotatable bonds is 4. The molecule has 0 bridgehead atoms. The highest BCUT2D eigenvalue weighted by Gasteiger charge is 2.22. The van der Waals surface area contributed by atoms with Crippen LogP contribution in [0.3, 0.4) is 0 Å². The highest BCUT2D eigenvalue weighted by molar-refractivity contribution is 9.10. The standard InChI is InChI=1S/C22H23BrN4O3/c1-6-16(28)25-15-9-7-14(8-10-15)17-13(2)27-12-11-24-20(19(27)18(17)23)26-21(29)30-22(3,4)5/h6-12H,1H2,2-5H3,(H,25,28)(H,24,26,29). The Hall–Kier alpha value is -3.13. The van der Waals surface area contributed by atoms with Crippen molar-refractivity contribution in [1.82, 2.24) is 9.38 Å². The molecule has 156 valence electrons. The van der Waals surface area contributed by atoms with Crippen LogP contribution in [0.5, 0.6) is 0 Å². The normalized spacial score (nSPS) is 11.2. The molecule has 0 spiro atoms. The minimum atomic E-state index is -0.613. The van der Waals surface area contributed by atoms with Crippen molar-refractivity contribution < 1.29 is 14.3 Å². The Kier molecular flexibility index (Phi) is 5.98. The van der Waals surface area contributed by atoms with Gasteiger partial charge in [-0.3, -0.25) is 10.1 Å². The van der Waals surface area contributed by atoms with Crippen molar-refractivity contribution in [2.45, 2.75) is 33.3 Å². The van der Waals surface area contributed by atoms with E-state index >= 15 is 0 Å². The number of ether oxygens (including phenoxy) is 1. The number of carbonyl (C=O) groups excluding carboxylic acids is 2. The van der Waals surface area contributed by atoms with E-state index in [0.717, 1.165) is 26.8 Å². The summed E-state index contributed by atoms with van der Waals surface area (Å²) in [7, 11) is 0. The maximum Gasteiger partial charge on any atom is 0.413 e. The zero-order valence-electron chi connectivity index (χ0n) is 17.2. The number of benzene rings is 1. The predicted molar refractivity (Wildman–Crippen MR) is 122 cm³/mol. The highest BCUT2D eigenvalue weighted by atomic mass is 79.9. The lowest BCUT2D eigenvalue weighted by Crippen LogP contribution is -2.27. The lowest BCUT2D eigenvalue weighted by molar-refractivity contribution is -0.111. The first-order valence-corrected chi connectivity index (χ1v) is 10.1. The van der Waals surface area contributed by atoms with Gasteiger partial charge in [-0.1, -0.05) is 18.7 Å². The van der Waals surface area contributed by atoms with E-state index in [9.17, 15) is 9.59 Å². The van der Waals surface area contributed by atoms with Crippen LogP contribution in [0.25, 0.3) is 16.6 Å². The van der Waals surface area contributed by atoms with Crippen LogP contribution in [0.4, 0.5) is 16.3 Å². The van der Waals surface area contributed by atoms with Gasteiger partial charge in [-0.05, 0) is 67.4 Å². The predicted octanol–water partition coefficient (Wildman–Crippen LogP) is 5.54. The van der Waals surface area contributed by atoms with Gasteiger partial charge >= 0.3 is 6.09 Å². The smallest absolute Gasteiger partial charge is 0.413 e. The third-order valence-corrected chi connectivity index (χ3v) is 5.05. The van der Waals surface area contributed by atoms with Gasteiger partial charge in [0, 0.05) is 29.3 Å². The van der Waals surface area contributed by atoms with Crippen molar-refractivity contribution in [2.24, 2.45) is 0 Å². The number of aryl methyl sites for hydroxylation is 1. The lowest BCUT2D eigenvalue weighted by atomic mass is 10.1. The van der Waals surface area contributed by atoms with Crippen LogP contribution < -0.4 is 10.6 Å². The average molecular weight is 471 g/mol. The summed E-state index contributed by atoms with van der Waals surface area (Å²) < 4.78 is 8.09. The first kappa shape index (κ1) is 21.6. The molecule has 0 saturated carbocycles. The fourth-order valence-electron chi connectivity index (χ4n) is 3.05. The van der Waals surface area contributed by atoms with Gasteiger partial charge in [0.2, 0.25) is 5.91 Å². The van der Waals surface area contributed by atoms with Crippen LogP contribution in [0, 0.1) is 6.92 Å². The summed E-state index contributed by atoms with van der Waals surface area (Å²) >= 11 is 3.68. The molecule has 30 heavy (non-hydrogen) atoms. The number of amides is 2. The largest absolute Gasteiger partial charge is 0.444 e. The number of fused-ring (bicyclic) bond motifs is 1. The molecule has 0 aliphatic carbocycles.